The summed E-state index contributed by atoms with van der Waals surface area (Å²) in [5.41, 5.74) is -0.110. The van der Waals surface area contributed by atoms with E-state index in [2.05, 4.69) is 19.2 Å². The molecule has 1 N–H and O–H groups in total. The molecule has 0 amide bonds. The molecule has 3 heteroatoms. The van der Waals surface area contributed by atoms with Crippen LogP contribution in [0.1, 0.15) is 26.5 Å². The molecule has 0 aliphatic rings. The Morgan fingerprint density at radius 3 is 2.86 bits per heavy atom. The Balaban J connectivity index is 2.20. The molecule has 0 aromatic carbocycles. The first-order valence-electron chi connectivity index (χ1n) is 5.01. The molecule has 0 atom stereocenters. The van der Waals surface area contributed by atoms with Crippen LogP contribution in [0.2, 0.25) is 0 Å². The predicted molar refractivity (Wildman–Crippen MR) is 56.1 cm³/mol. The summed E-state index contributed by atoms with van der Waals surface area (Å²) in [6.07, 6.45) is 1.69. The quantitative estimate of drug-likeness (QED) is 0.759. The topological polar surface area (TPSA) is 34.4 Å². The summed E-state index contributed by atoms with van der Waals surface area (Å²) in [5.74, 6) is 0.956. The van der Waals surface area contributed by atoms with Gasteiger partial charge in [0.15, 0.2) is 0 Å². The van der Waals surface area contributed by atoms with Gasteiger partial charge in [-0.15, -0.1) is 0 Å². The first kappa shape index (κ1) is 11.3. The highest BCUT2D eigenvalue weighted by Crippen LogP contribution is 2.07. The molecule has 1 rings (SSSR count). The molecule has 0 bridgehead atoms. The van der Waals surface area contributed by atoms with Gasteiger partial charge < -0.3 is 14.5 Å². The Morgan fingerprint density at radius 2 is 2.29 bits per heavy atom. The number of furan rings is 1. The average molecular weight is 197 g/mol. The molecular formula is C11H19NO2. The largest absolute Gasteiger partial charge is 0.468 e. The minimum atomic E-state index is -0.110. The zero-order chi connectivity index (χ0) is 10.4. The number of nitrogens with one attached hydrogen (secondary N) is 1. The normalized spacial score (nSPS) is 11.9. The lowest BCUT2D eigenvalue weighted by Gasteiger charge is -2.24. The van der Waals surface area contributed by atoms with E-state index in [4.69, 9.17) is 9.15 Å². The second-order valence-corrected chi connectivity index (χ2v) is 3.88. The van der Waals surface area contributed by atoms with E-state index < -0.39 is 0 Å². The number of hydrogen-bond donors (Lipinski definition) is 1. The summed E-state index contributed by atoms with van der Waals surface area (Å²) in [4.78, 5) is 0. The first-order chi connectivity index (χ1) is 6.64. The van der Waals surface area contributed by atoms with Gasteiger partial charge in [-0.2, -0.15) is 0 Å². The Bertz CT molecular complexity index is 242. The van der Waals surface area contributed by atoms with Crippen LogP contribution in [-0.2, 0) is 11.3 Å². The monoisotopic (exact) mass is 197 g/mol. The molecule has 0 fully saturated rings. The van der Waals surface area contributed by atoms with E-state index in [1.54, 1.807) is 6.26 Å². The minimum Gasteiger partial charge on any atom is -0.468 e. The van der Waals surface area contributed by atoms with Crippen molar-refractivity contribution in [2.75, 3.05) is 13.2 Å². The maximum atomic E-state index is 5.56. The highest BCUT2D eigenvalue weighted by atomic mass is 16.5. The van der Waals surface area contributed by atoms with Gasteiger partial charge in [0.25, 0.3) is 0 Å². The van der Waals surface area contributed by atoms with Crippen LogP contribution < -0.4 is 5.32 Å². The lowest BCUT2D eigenvalue weighted by atomic mass is 10.1. The van der Waals surface area contributed by atoms with Crippen LogP contribution in [0.4, 0.5) is 0 Å². The van der Waals surface area contributed by atoms with Crippen molar-refractivity contribution in [2.45, 2.75) is 32.9 Å². The van der Waals surface area contributed by atoms with Crippen molar-refractivity contribution < 1.29 is 9.15 Å². The Hall–Kier alpha value is -0.800. The summed E-state index contributed by atoms with van der Waals surface area (Å²) >= 11 is 0. The third kappa shape index (κ3) is 3.94. The van der Waals surface area contributed by atoms with Crippen LogP contribution in [0.5, 0.6) is 0 Å². The fraction of sp³-hybridized carbons (Fsp3) is 0.636. The molecule has 0 unspecified atom stereocenters. The molecule has 3 nitrogen and oxygen atoms in total. The van der Waals surface area contributed by atoms with Gasteiger partial charge >= 0.3 is 0 Å². The van der Waals surface area contributed by atoms with Gasteiger partial charge in [0.1, 0.15) is 5.76 Å². The lowest BCUT2D eigenvalue weighted by Crippen LogP contribution is -2.37. The van der Waals surface area contributed by atoms with E-state index in [1.807, 2.05) is 19.1 Å². The first-order valence-corrected chi connectivity index (χ1v) is 5.01. The van der Waals surface area contributed by atoms with Gasteiger partial charge in [0.2, 0.25) is 0 Å². The number of hydrogen-bond acceptors (Lipinski definition) is 3. The third-order valence-corrected chi connectivity index (χ3v) is 1.97. The molecule has 80 valence electrons. The van der Waals surface area contributed by atoms with Gasteiger partial charge in [-0.25, -0.2) is 0 Å². The smallest absolute Gasteiger partial charge is 0.117 e. The second kappa shape index (κ2) is 5.17. The van der Waals surface area contributed by atoms with E-state index in [0.717, 1.165) is 25.5 Å². The average Bonchev–Trinajstić information content (AvgIpc) is 2.56. The molecule has 0 radical (unpaired) electrons. The summed E-state index contributed by atoms with van der Waals surface area (Å²) < 4.78 is 10.8. The minimum absolute atomic E-state index is 0.110. The van der Waals surface area contributed by atoms with Gasteiger partial charge in [0.05, 0.1) is 18.4 Å². The van der Waals surface area contributed by atoms with E-state index in [1.165, 1.54) is 0 Å². The van der Waals surface area contributed by atoms with Gasteiger partial charge in [-0.1, -0.05) is 0 Å². The SMILES string of the molecule is CCOC(C)(C)CNCc1ccco1. The van der Waals surface area contributed by atoms with Crippen LogP contribution in [0.25, 0.3) is 0 Å². The summed E-state index contributed by atoms with van der Waals surface area (Å²) in [6, 6.07) is 3.85. The van der Waals surface area contributed by atoms with E-state index in [-0.39, 0.29) is 5.60 Å². The summed E-state index contributed by atoms with van der Waals surface area (Å²) in [7, 11) is 0. The lowest BCUT2D eigenvalue weighted by molar-refractivity contribution is -0.00919. The molecule has 0 spiro atoms. The van der Waals surface area contributed by atoms with Crippen LogP contribution >= 0.6 is 0 Å². The molecular weight excluding hydrogens is 178 g/mol. The molecule has 14 heavy (non-hydrogen) atoms. The highest BCUT2D eigenvalue weighted by Gasteiger charge is 2.16. The van der Waals surface area contributed by atoms with Crippen molar-refractivity contribution in [2.24, 2.45) is 0 Å². The highest BCUT2D eigenvalue weighted by molar-refractivity contribution is 4.97. The predicted octanol–water partition coefficient (Wildman–Crippen LogP) is 2.18. The van der Waals surface area contributed by atoms with Gasteiger partial charge in [-0.05, 0) is 32.9 Å². The van der Waals surface area contributed by atoms with E-state index in [9.17, 15) is 0 Å². The number of rotatable bonds is 6. The third-order valence-electron chi connectivity index (χ3n) is 1.97. The van der Waals surface area contributed by atoms with E-state index >= 15 is 0 Å². The second-order valence-electron chi connectivity index (χ2n) is 3.88. The molecule has 0 aliphatic carbocycles. The maximum absolute atomic E-state index is 5.56. The standard InChI is InChI=1S/C11H19NO2/c1-4-14-11(2,3)9-12-8-10-6-5-7-13-10/h5-7,12H,4,8-9H2,1-3H3. The van der Waals surface area contributed by atoms with Gasteiger partial charge in [0, 0.05) is 13.2 Å². The fourth-order valence-electron chi connectivity index (χ4n) is 1.34. The molecule has 1 aromatic heterocycles. The van der Waals surface area contributed by atoms with Crippen molar-refractivity contribution in [1.29, 1.82) is 0 Å². The summed E-state index contributed by atoms with van der Waals surface area (Å²) in [5, 5.41) is 3.29. The summed E-state index contributed by atoms with van der Waals surface area (Å²) in [6.45, 7) is 8.48. The van der Waals surface area contributed by atoms with Crippen molar-refractivity contribution >= 4 is 0 Å². The molecule has 0 saturated heterocycles. The zero-order valence-electron chi connectivity index (χ0n) is 9.17. The van der Waals surface area contributed by atoms with Crippen molar-refractivity contribution in [1.82, 2.24) is 5.32 Å². The van der Waals surface area contributed by atoms with Crippen molar-refractivity contribution in [3.05, 3.63) is 24.2 Å². The van der Waals surface area contributed by atoms with Crippen molar-refractivity contribution in [3.8, 4) is 0 Å². The van der Waals surface area contributed by atoms with E-state index in [0.29, 0.717) is 0 Å². The van der Waals surface area contributed by atoms with Crippen LogP contribution in [0.3, 0.4) is 0 Å². The van der Waals surface area contributed by atoms with Crippen LogP contribution in [0, 0.1) is 0 Å². The van der Waals surface area contributed by atoms with Crippen molar-refractivity contribution in [3.63, 3.8) is 0 Å². The molecule has 0 saturated carbocycles. The Kier molecular flexibility index (Phi) is 4.17. The Labute approximate surface area is 85.4 Å². The number of ether oxygens (including phenoxy) is 1. The fourth-order valence-corrected chi connectivity index (χ4v) is 1.34. The van der Waals surface area contributed by atoms with Crippen LogP contribution in [-0.4, -0.2) is 18.8 Å². The molecule has 1 aromatic rings. The molecule has 0 aliphatic heterocycles. The van der Waals surface area contributed by atoms with Crippen LogP contribution in [0.15, 0.2) is 22.8 Å². The van der Waals surface area contributed by atoms with Gasteiger partial charge in [-0.3, -0.25) is 0 Å². The maximum Gasteiger partial charge on any atom is 0.117 e. The Morgan fingerprint density at radius 1 is 1.50 bits per heavy atom. The molecule has 1 heterocycles. The zero-order valence-corrected chi connectivity index (χ0v) is 9.17.